The fourth-order valence-electron chi connectivity index (χ4n) is 1.67. The summed E-state index contributed by atoms with van der Waals surface area (Å²) in [6, 6.07) is 8.40. The molecule has 0 saturated carbocycles. The highest BCUT2D eigenvalue weighted by Crippen LogP contribution is 2.23. The first kappa shape index (κ1) is 10.6. The molecule has 0 spiro atoms. The van der Waals surface area contributed by atoms with E-state index in [1.54, 1.807) is 12.4 Å². The monoisotopic (exact) mass is 213 g/mol. The van der Waals surface area contributed by atoms with Gasteiger partial charge in [-0.1, -0.05) is 25.1 Å². The Morgan fingerprint density at radius 3 is 2.75 bits per heavy atom. The summed E-state index contributed by atoms with van der Waals surface area (Å²) in [6.45, 7) is 2.15. The second kappa shape index (κ2) is 4.75. The van der Waals surface area contributed by atoms with Gasteiger partial charge in [-0.3, -0.25) is 4.98 Å². The largest absolute Gasteiger partial charge is 0.371 e. The van der Waals surface area contributed by atoms with E-state index >= 15 is 0 Å². The van der Waals surface area contributed by atoms with Gasteiger partial charge in [0.2, 0.25) is 0 Å². The van der Waals surface area contributed by atoms with Gasteiger partial charge in [-0.25, -0.2) is 4.98 Å². The van der Waals surface area contributed by atoms with Gasteiger partial charge >= 0.3 is 0 Å². The number of rotatable bonds is 3. The highest BCUT2D eigenvalue weighted by Gasteiger charge is 2.06. The average molecular weight is 213 g/mol. The summed E-state index contributed by atoms with van der Waals surface area (Å²) in [5.74, 6) is 0.816. The van der Waals surface area contributed by atoms with Crippen LogP contribution in [-0.4, -0.2) is 17.0 Å². The Balaban J connectivity index is 2.49. The van der Waals surface area contributed by atoms with Crippen molar-refractivity contribution in [2.45, 2.75) is 13.3 Å². The second-order valence-corrected chi connectivity index (χ2v) is 3.56. The number of aromatic nitrogens is 2. The third kappa shape index (κ3) is 2.03. The van der Waals surface area contributed by atoms with Crippen LogP contribution < -0.4 is 5.32 Å². The maximum atomic E-state index is 4.37. The lowest BCUT2D eigenvalue weighted by Crippen LogP contribution is -1.97. The first-order valence-corrected chi connectivity index (χ1v) is 5.43. The second-order valence-electron chi connectivity index (χ2n) is 3.56. The molecule has 2 rings (SSSR count). The molecule has 0 aliphatic carbocycles. The van der Waals surface area contributed by atoms with Crippen molar-refractivity contribution in [1.82, 2.24) is 9.97 Å². The van der Waals surface area contributed by atoms with Gasteiger partial charge in [0.15, 0.2) is 5.82 Å². The molecule has 0 radical (unpaired) electrons. The van der Waals surface area contributed by atoms with Crippen molar-refractivity contribution >= 4 is 5.82 Å². The van der Waals surface area contributed by atoms with Crippen LogP contribution in [-0.2, 0) is 6.42 Å². The molecule has 0 aliphatic rings. The summed E-state index contributed by atoms with van der Waals surface area (Å²) in [7, 11) is 1.86. The van der Waals surface area contributed by atoms with Crippen molar-refractivity contribution in [3.8, 4) is 11.3 Å². The van der Waals surface area contributed by atoms with E-state index in [2.05, 4.69) is 46.5 Å². The van der Waals surface area contributed by atoms with Crippen LogP contribution in [0.1, 0.15) is 12.5 Å². The van der Waals surface area contributed by atoms with Crippen molar-refractivity contribution in [2.24, 2.45) is 0 Å². The zero-order valence-electron chi connectivity index (χ0n) is 9.57. The molecule has 0 amide bonds. The van der Waals surface area contributed by atoms with E-state index in [1.807, 2.05) is 7.05 Å². The van der Waals surface area contributed by atoms with Crippen molar-refractivity contribution in [3.63, 3.8) is 0 Å². The molecule has 0 unspecified atom stereocenters. The quantitative estimate of drug-likeness (QED) is 0.851. The number of anilines is 1. The van der Waals surface area contributed by atoms with Crippen molar-refractivity contribution in [1.29, 1.82) is 0 Å². The van der Waals surface area contributed by atoms with Gasteiger partial charge in [0.25, 0.3) is 0 Å². The van der Waals surface area contributed by atoms with Gasteiger partial charge < -0.3 is 5.32 Å². The van der Waals surface area contributed by atoms with Crippen LogP contribution >= 0.6 is 0 Å². The standard InChI is InChI=1S/C13H15N3/c1-3-10-5-4-6-11(9-10)12-13(14-2)16-8-7-15-12/h4-9H,3H2,1-2H3,(H,14,16). The summed E-state index contributed by atoms with van der Waals surface area (Å²) >= 11 is 0. The molecule has 3 heteroatoms. The van der Waals surface area contributed by atoms with Crippen LogP contribution in [0.2, 0.25) is 0 Å². The molecule has 1 aromatic heterocycles. The Kier molecular flexibility index (Phi) is 3.15. The van der Waals surface area contributed by atoms with Crippen LogP contribution in [0.5, 0.6) is 0 Å². The molecule has 0 atom stereocenters. The zero-order chi connectivity index (χ0) is 11.4. The number of benzene rings is 1. The molecular formula is C13H15N3. The van der Waals surface area contributed by atoms with Crippen LogP contribution in [0.15, 0.2) is 36.7 Å². The molecule has 0 fully saturated rings. The van der Waals surface area contributed by atoms with E-state index in [0.29, 0.717) is 0 Å². The third-order valence-corrected chi connectivity index (χ3v) is 2.54. The van der Waals surface area contributed by atoms with Crippen LogP contribution in [0.4, 0.5) is 5.82 Å². The molecule has 1 N–H and O–H groups in total. The van der Waals surface area contributed by atoms with E-state index in [4.69, 9.17) is 0 Å². The van der Waals surface area contributed by atoms with Crippen molar-refractivity contribution in [2.75, 3.05) is 12.4 Å². The van der Waals surface area contributed by atoms with E-state index in [9.17, 15) is 0 Å². The zero-order valence-corrected chi connectivity index (χ0v) is 9.57. The molecule has 1 aromatic carbocycles. The summed E-state index contributed by atoms with van der Waals surface area (Å²) in [5, 5.41) is 3.06. The highest BCUT2D eigenvalue weighted by molar-refractivity contribution is 5.71. The summed E-state index contributed by atoms with van der Waals surface area (Å²) in [6.07, 6.45) is 4.44. The van der Waals surface area contributed by atoms with Crippen LogP contribution in [0, 0.1) is 0 Å². The Morgan fingerprint density at radius 1 is 1.19 bits per heavy atom. The lowest BCUT2D eigenvalue weighted by molar-refractivity contribution is 1.13. The Labute approximate surface area is 95.6 Å². The predicted molar refractivity (Wildman–Crippen MR) is 66.4 cm³/mol. The van der Waals surface area contributed by atoms with Crippen LogP contribution in [0.3, 0.4) is 0 Å². The molecule has 16 heavy (non-hydrogen) atoms. The predicted octanol–water partition coefficient (Wildman–Crippen LogP) is 2.75. The van der Waals surface area contributed by atoms with Gasteiger partial charge in [0.1, 0.15) is 5.69 Å². The topological polar surface area (TPSA) is 37.8 Å². The van der Waals surface area contributed by atoms with E-state index in [1.165, 1.54) is 5.56 Å². The SMILES string of the molecule is CCc1cccc(-c2nccnc2NC)c1. The maximum absolute atomic E-state index is 4.37. The van der Waals surface area contributed by atoms with Gasteiger partial charge in [0, 0.05) is 25.0 Å². The maximum Gasteiger partial charge on any atom is 0.152 e. The molecule has 82 valence electrons. The van der Waals surface area contributed by atoms with Gasteiger partial charge in [-0.15, -0.1) is 0 Å². The van der Waals surface area contributed by atoms with Gasteiger partial charge in [-0.2, -0.15) is 0 Å². The first-order chi connectivity index (χ1) is 7.85. The summed E-state index contributed by atoms with van der Waals surface area (Å²) < 4.78 is 0. The highest BCUT2D eigenvalue weighted by atomic mass is 15.0. The average Bonchev–Trinajstić information content (AvgIpc) is 2.38. The van der Waals surface area contributed by atoms with Crippen molar-refractivity contribution < 1.29 is 0 Å². The third-order valence-electron chi connectivity index (χ3n) is 2.54. The number of nitrogens with one attached hydrogen (secondary N) is 1. The van der Waals surface area contributed by atoms with E-state index in [0.717, 1.165) is 23.5 Å². The number of aryl methyl sites for hydroxylation is 1. The molecule has 1 heterocycles. The normalized spacial score (nSPS) is 10.1. The minimum atomic E-state index is 0.816. The van der Waals surface area contributed by atoms with Gasteiger partial charge in [0.05, 0.1) is 0 Å². The lowest BCUT2D eigenvalue weighted by atomic mass is 10.1. The number of nitrogens with zero attached hydrogens (tertiary/aromatic N) is 2. The number of hydrogen-bond acceptors (Lipinski definition) is 3. The van der Waals surface area contributed by atoms with Crippen molar-refractivity contribution in [3.05, 3.63) is 42.2 Å². The lowest BCUT2D eigenvalue weighted by Gasteiger charge is -2.07. The van der Waals surface area contributed by atoms with Gasteiger partial charge in [-0.05, 0) is 18.1 Å². The number of hydrogen-bond donors (Lipinski definition) is 1. The Bertz CT molecular complexity index is 480. The minimum absolute atomic E-state index is 0.816. The van der Waals surface area contributed by atoms with E-state index in [-0.39, 0.29) is 0 Å². The molecule has 0 bridgehead atoms. The Hall–Kier alpha value is -1.90. The Morgan fingerprint density at radius 2 is 2.00 bits per heavy atom. The van der Waals surface area contributed by atoms with E-state index < -0.39 is 0 Å². The summed E-state index contributed by atoms with van der Waals surface area (Å²) in [4.78, 5) is 8.63. The fraction of sp³-hybridized carbons (Fsp3) is 0.231. The molecule has 0 aliphatic heterocycles. The first-order valence-electron chi connectivity index (χ1n) is 5.43. The van der Waals surface area contributed by atoms with Crippen LogP contribution in [0.25, 0.3) is 11.3 Å². The molecule has 3 nitrogen and oxygen atoms in total. The smallest absolute Gasteiger partial charge is 0.152 e. The molecular weight excluding hydrogens is 198 g/mol. The molecule has 2 aromatic rings. The summed E-state index contributed by atoms with van der Waals surface area (Å²) in [5.41, 5.74) is 3.32. The minimum Gasteiger partial charge on any atom is -0.371 e. The molecule has 0 saturated heterocycles. The fourth-order valence-corrected chi connectivity index (χ4v) is 1.67.